The third-order valence-corrected chi connectivity index (χ3v) is 4.91. The van der Waals surface area contributed by atoms with E-state index in [2.05, 4.69) is 15.8 Å². The molecule has 31 heavy (non-hydrogen) atoms. The number of hydrogen-bond acceptors (Lipinski definition) is 5. The van der Waals surface area contributed by atoms with Crippen molar-refractivity contribution in [2.75, 3.05) is 0 Å². The van der Waals surface area contributed by atoms with E-state index in [0.717, 1.165) is 10.5 Å². The van der Waals surface area contributed by atoms with Crippen LogP contribution in [0.2, 0.25) is 0 Å². The van der Waals surface area contributed by atoms with Gasteiger partial charge in [0.1, 0.15) is 11.7 Å². The van der Waals surface area contributed by atoms with E-state index >= 15 is 0 Å². The largest absolute Gasteiger partial charge is 0.288 e. The summed E-state index contributed by atoms with van der Waals surface area (Å²) in [4.78, 5) is 56.0. The van der Waals surface area contributed by atoms with Crippen molar-refractivity contribution in [3.8, 4) is 0 Å². The number of aromatic nitrogens is 1. The molecule has 154 valence electrons. The highest BCUT2D eigenvalue weighted by Gasteiger charge is 2.42. The smallest absolute Gasteiger partial charge is 0.271 e. The highest BCUT2D eigenvalue weighted by atomic mass is 16.2. The summed E-state index contributed by atoms with van der Waals surface area (Å²) in [6, 6.07) is 19.1. The Labute approximate surface area is 177 Å². The molecule has 1 aliphatic rings. The Morgan fingerprint density at radius 2 is 1.42 bits per heavy atom. The standard InChI is InChI=1S/C23H18N4O4/c28-20(18-12-6-7-13-24-18)25-26-21(29)19(14-15-8-2-1-3-9-15)27-22(30)16-10-4-5-11-17(16)23(27)31/h1-13,19H,14H2,(H,25,28)(H,26,29)/t19-/m0/s1. The van der Waals surface area contributed by atoms with Gasteiger partial charge in [-0.2, -0.15) is 0 Å². The van der Waals surface area contributed by atoms with Gasteiger partial charge >= 0.3 is 0 Å². The van der Waals surface area contributed by atoms with E-state index in [1.54, 1.807) is 60.7 Å². The number of fused-ring (bicyclic) bond motifs is 1. The van der Waals surface area contributed by atoms with Gasteiger partial charge in [0.2, 0.25) is 0 Å². The number of amides is 4. The average molecular weight is 414 g/mol. The molecular formula is C23H18N4O4. The summed E-state index contributed by atoms with van der Waals surface area (Å²) in [5, 5.41) is 0. The number of carbonyl (C=O) groups is 4. The first-order valence-electron chi connectivity index (χ1n) is 9.58. The summed E-state index contributed by atoms with van der Waals surface area (Å²) in [5.41, 5.74) is 5.98. The van der Waals surface area contributed by atoms with E-state index in [1.807, 2.05) is 6.07 Å². The van der Waals surface area contributed by atoms with Gasteiger partial charge in [0.05, 0.1) is 11.1 Å². The monoisotopic (exact) mass is 414 g/mol. The highest BCUT2D eigenvalue weighted by Crippen LogP contribution is 2.26. The van der Waals surface area contributed by atoms with Gasteiger partial charge in [-0.15, -0.1) is 0 Å². The number of hydrogen-bond donors (Lipinski definition) is 2. The molecule has 1 atom stereocenters. The van der Waals surface area contributed by atoms with Crippen LogP contribution < -0.4 is 10.9 Å². The van der Waals surface area contributed by atoms with Gasteiger partial charge in [0.15, 0.2) is 0 Å². The van der Waals surface area contributed by atoms with Crippen molar-refractivity contribution in [2.45, 2.75) is 12.5 Å². The van der Waals surface area contributed by atoms with Crippen molar-refractivity contribution in [1.82, 2.24) is 20.7 Å². The first-order chi connectivity index (χ1) is 15.1. The van der Waals surface area contributed by atoms with E-state index < -0.39 is 29.7 Å². The lowest BCUT2D eigenvalue weighted by molar-refractivity contribution is -0.125. The van der Waals surface area contributed by atoms with Crippen molar-refractivity contribution in [3.63, 3.8) is 0 Å². The Bertz CT molecular complexity index is 1110. The van der Waals surface area contributed by atoms with Crippen LogP contribution in [0.25, 0.3) is 0 Å². The van der Waals surface area contributed by atoms with E-state index in [1.165, 1.54) is 12.3 Å². The number of imide groups is 1. The Morgan fingerprint density at radius 1 is 0.806 bits per heavy atom. The predicted octanol–water partition coefficient (Wildman–Crippen LogP) is 1.75. The number of rotatable bonds is 5. The molecule has 8 nitrogen and oxygen atoms in total. The molecule has 0 spiro atoms. The van der Waals surface area contributed by atoms with Gasteiger partial charge in [-0.1, -0.05) is 48.5 Å². The molecule has 0 bridgehead atoms. The third-order valence-electron chi connectivity index (χ3n) is 4.91. The zero-order valence-electron chi connectivity index (χ0n) is 16.3. The lowest BCUT2D eigenvalue weighted by atomic mass is 10.0. The van der Waals surface area contributed by atoms with Crippen molar-refractivity contribution >= 4 is 23.6 Å². The molecule has 2 aromatic carbocycles. The van der Waals surface area contributed by atoms with Crippen LogP contribution >= 0.6 is 0 Å². The second kappa shape index (κ2) is 8.58. The molecule has 0 radical (unpaired) electrons. The molecule has 1 aliphatic heterocycles. The van der Waals surface area contributed by atoms with Crippen LogP contribution in [0.4, 0.5) is 0 Å². The van der Waals surface area contributed by atoms with Crippen molar-refractivity contribution in [2.24, 2.45) is 0 Å². The summed E-state index contributed by atoms with van der Waals surface area (Å²) in [6.07, 6.45) is 1.55. The predicted molar refractivity (Wildman–Crippen MR) is 111 cm³/mol. The van der Waals surface area contributed by atoms with Gasteiger partial charge < -0.3 is 0 Å². The minimum absolute atomic E-state index is 0.0948. The number of benzene rings is 2. The van der Waals surface area contributed by atoms with E-state index in [-0.39, 0.29) is 23.2 Å². The third kappa shape index (κ3) is 4.04. The number of nitrogens with zero attached hydrogens (tertiary/aromatic N) is 2. The van der Waals surface area contributed by atoms with Crippen LogP contribution in [0.1, 0.15) is 36.8 Å². The van der Waals surface area contributed by atoms with E-state index in [4.69, 9.17) is 0 Å². The first kappa shape index (κ1) is 20.0. The molecule has 2 N–H and O–H groups in total. The minimum Gasteiger partial charge on any atom is -0.271 e. The minimum atomic E-state index is -1.15. The van der Waals surface area contributed by atoms with Crippen molar-refractivity contribution in [1.29, 1.82) is 0 Å². The zero-order chi connectivity index (χ0) is 21.8. The lowest BCUT2D eigenvalue weighted by Crippen LogP contribution is -2.54. The fraction of sp³-hybridized carbons (Fsp3) is 0.0870. The molecule has 4 amide bonds. The second-order valence-electron chi connectivity index (χ2n) is 6.89. The van der Waals surface area contributed by atoms with Gasteiger partial charge in [-0.05, 0) is 29.8 Å². The van der Waals surface area contributed by atoms with Gasteiger partial charge in [-0.25, -0.2) is 0 Å². The SMILES string of the molecule is O=C(NNC(=O)[C@H](Cc1ccccc1)N1C(=O)c2ccccc2C1=O)c1ccccn1. The Morgan fingerprint density at radius 3 is 2.03 bits per heavy atom. The normalized spacial score (nSPS) is 13.5. The van der Waals surface area contributed by atoms with Crippen molar-refractivity contribution in [3.05, 3.63) is 101 Å². The van der Waals surface area contributed by atoms with Crippen LogP contribution in [0.15, 0.2) is 79.0 Å². The summed E-state index contributed by atoms with van der Waals surface area (Å²) >= 11 is 0. The molecule has 4 rings (SSSR count). The van der Waals surface area contributed by atoms with Gasteiger partial charge in [0, 0.05) is 12.6 Å². The molecule has 3 aromatic rings. The zero-order valence-corrected chi connectivity index (χ0v) is 16.3. The summed E-state index contributed by atoms with van der Waals surface area (Å²) in [6.45, 7) is 0. The number of nitrogens with one attached hydrogen (secondary N) is 2. The Balaban J connectivity index is 1.58. The quantitative estimate of drug-likeness (QED) is 0.488. The molecule has 2 heterocycles. The molecular weight excluding hydrogens is 396 g/mol. The Hall–Kier alpha value is -4.33. The van der Waals surface area contributed by atoms with E-state index in [9.17, 15) is 19.2 Å². The molecule has 8 heteroatoms. The topological polar surface area (TPSA) is 108 Å². The molecule has 0 unspecified atom stereocenters. The van der Waals surface area contributed by atoms with Crippen LogP contribution in [-0.4, -0.2) is 39.6 Å². The van der Waals surface area contributed by atoms with Gasteiger partial charge in [0.25, 0.3) is 23.6 Å². The highest BCUT2D eigenvalue weighted by molar-refractivity contribution is 6.22. The number of carbonyl (C=O) groups excluding carboxylic acids is 4. The van der Waals surface area contributed by atoms with Crippen LogP contribution in [0.5, 0.6) is 0 Å². The summed E-state index contributed by atoms with van der Waals surface area (Å²) in [7, 11) is 0. The average Bonchev–Trinajstić information content (AvgIpc) is 3.07. The molecule has 1 aromatic heterocycles. The fourth-order valence-corrected chi connectivity index (χ4v) is 3.39. The maximum atomic E-state index is 13.0. The van der Waals surface area contributed by atoms with Crippen LogP contribution in [0.3, 0.4) is 0 Å². The molecule has 0 saturated heterocycles. The maximum Gasteiger partial charge on any atom is 0.288 e. The van der Waals surface area contributed by atoms with Gasteiger partial charge in [-0.3, -0.25) is 39.9 Å². The van der Waals surface area contributed by atoms with Crippen LogP contribution in [0, 0.1) is 0 Å². The number of hydrazine groups is 1. The lowest BCUT2D eigenvalue weighted by Gasteiger charge is -2.25. The summed E-state index contributed by atoms with van der Waals surface area (Å²) < 4.78 is 0. The molecule has 0 fully saturated rings. The second-order valence-corrected chi connectivity index (χ2v) is 6.89. The molecule has 0 aliphatic carbocycles. The fourth-order valence-electron chi connectivity index (χ4n) is 3.39. The summed E-state index contributed by atoms with van der Waals surface area (Å²) in [5.74, 6) is -2.40. The molecule has 0 saturated carbocycles. The van der Waals surface area contributed by atoms with E-state index in [0.29, 0.717) is 0 Å². The maximum absolute atomic E-state index is 13.0. The van der Waals surface area contributed by atoms with Crippen molar-refractivity contribution < 1.29 is 19.2 Å². The number of pyridine rings is 1. The Kier molecular flexibility index (Phi) is 5.53. The van der Waals surface area contributed by atoms with Crippen LogP contribution in [-0.2, 0) is 11.2 Å². The first-order valence-corrected chi connectivity index (χ1v) is 9.58.